The van der Waals surface area contributed by atoms with Gasteiger partial charge in [0.15, 0.2) is 6.29 Å². The van der Waals surface area contributed by atoms with Crippen molar-refractivity contribution in [1.29, 1.82) is 0 Å². The molecule has 0 saturated carbocycles. The average molecular weight is 575 g/mol. The van der Waals surface area contributed by atoms with Crippen LogP contribution >= 0.6 is 0 Å². The van der Waals surface area contributed by atoms with E-state index in [0.29, 0.717) is 24.9 Å². The third-order valence-electron chi connectivity index (χ3n) is 7.41. The fourth-order valence-electron chi connectivity index (χ4n) is 5.24. The number of aliphatic hydroxyl groups excluding tert-OH is 1. The molecule has 0 aromatic heterocycles. The minimum absolute atomic E-state index is 0.00627. The molecule has 3 aromatic carbocycles. The second-order valence-corrected chi connectivity index (χ2v) is 11.0. The van der Waals surface area contributed by atoms with Crippen LogP contribution in [-0.2, 0) is 32.2 Å². The Kier molecular flexibility index (Phi) is 12.1. The molecule has 1 amide bonds. The van der Waals surface area contributed by atoms with Gasteiger partial charge in [0.05, 0.1) is 18.8 Å². The summed E-state index contributed by atoms with van der Waals surface area (Å²) in [6.07, 6.45) is 3.34. The van der Waals surface area contributed by atoms with E-state index in [-0.39, 0.29) is 31.1 Å². The summed E-state index contributed by atoms with van der Waals surface area (Å²) in [4.78, 5) is 25.5. The van der Waals surface area contributed by atoms with Gasteiger partial charge in [-0.05, 0) is 48.7 Å². The van der Waals surface area contributed by atoms with Crippen molar-refractivity contribution in [1.82, 2.24) is 4.90 Å². The number of rotatable bonds is 15. The van der Waals surface area contributed by atoms with Crippen LogP contribution in [0.3, 0.4) is 0 Å². The van der Waals surface area contributed by atoms with Gasteiger partial charge in [-0.25, -0.2) is 0 Å². The maximum Gasteiger partial charge on any atom is 0.303 e. The molecule has 1 heterocycles. The number of anilines is 1. The maximum absolute atomic E-state index is 12.6. The zero-order chi connectivity index (χ0) is 29.7. The van der Waals surface area contributed by atoms with E-state index >= 15 is 0 Å². The molecule has 42 heavy (non-hydrogen) atoms. The van der Waals surface area contributed by atoms with Crippen LogP contribution in [0.25, 0.3) is 0 Å². The zero-order valence-electron chi connectivity index (χ0n) is 24.3. The average Bonchev–Trinajstić information content (AvgIpc) is 2.99. The molecule has 4 rings (SSSR count). The Morgan fingerprint density at radius 2 is 1.60 bits per heavy atom. The molecule has 8 heteroatoms. The van der Waals surface area contributed by atoms with Crippen LogP contribution in [0.5, 0.6) is 0 Å². The number of aliphatic carboxylic acids is 1. The standard InChI is InChI=1S/C34H42N2O6/c1-36(22-25-10-5-4-6-11-25)23-30-21-31(27-18-16-26(24-37)17-19-27)42-34(41-30)28-12-9-13-29(20-28)35-32(38)14-7-2-3-8-15-33(39)40/h4-6,9-13,16-20,30-31,34,37H,2-3,7-8,14-15,21-24H2,1H3,(H,35,38)(H,39,40)/t30-,31+,34+/m0/s1. The van der Waals surface area contributed by atoms with E-state index < -0.39 is 12.3 Å². The van der Waals surface area contributed by atoms with Gasteiger partial charge in [-0.3, -0.25) is 14.5 Å². The number of benzene rings is 3. The summed E-state index contributed by atoms with van der Waals surface area (Å²) in [5.41, 5.74) is 4.63. The number of carboxylic acid groups (broad SMARTS) is 1. The van der Waals surface area contributed by atoms with Crippen LogP contribution in [-0.4, -0.2) is 46.7 Å². The molecule has 1 saturated heterocycles. The second-order valence-electron chi connectivity index (χ2n) is 11.0. The number of carboxylic acids is 1. The first kappa shape index (κ1) is 31.4. The van der Waals surface area contributed by atoms with Crippen LogP contribution in [0.1, 0.15) is 79.6 Å². The Labute approximate surface area is 248 Å². The minimum Gasteiger partial charge on any atom is -0.481 e. The fraction of sp³-hybridized carbons (Fsp3) is 0.412. The number of hydrogen-bond donors (Lipinski definition) is 3. The summed E-state index contributed by atoms with van der Waals surface area (Å²) in [6.45, 7) is 1.53. The molecule has 1 aliphatic rings. The first-order valence-corrected chi connectivity index (χ1v) is 14.7. The number of nitrogens with zero attached hydrogens (tertiary/aromatic N) is 1. The lowest BCUT2D eigenvalue weighted by Crippen LogP contribution is -2.37. The van der Waals surface area contributed by atoms with Gasteiger partial charge in [-0.15, -0.1) is 0 Å². The molecule has 3 N–H and O–H groups in total. The van der Waals surface area contributed by atoms with Gasteiger partial charge in [0, 0.05) is 43.6 Å². The largest absolute Gasteiger partial charge is 0.481 e. The summed E-state index contributed by atoms with van der Waals surface area (Å²) in [5, 5.41) is 21.2. The van der Waals surface area contributed by atoms with Crippen molar-refractivity contribution in [3.05, 3.63) is 101 Å². The van der Waals surface area contributed by atoms with Crippen molar-refractivity contribution in [3.63, 3.8) is 0 Å². The molecule has 1 fully saturated rings. The fourth-order valence-corrected chi connectivity index (χ4v) is 5.24. The number of carbonyl (C=O) groups is 2. The van der Waals surface area contributed by atoms with E-state index in [9.17, 15) is 14.7 Å². The van der Waals surface area contributed by atoms with E-state index in [1.165, 1.54) is 5.56 Å². The number of hydrogen-bond acceptors (Lipinski definition) is 6. The molecule has 1 aliphatic heterocycles. The smallest absolute Gasteiger partial charge is 0.303 e. The molecule has 3 aromatic rings. The van der Waals surface area contributed by atoms with Gasteiger partial charge < -0.3 is 25.0 Å². The number of aliphatic hydroxyl groups is 1. The highest BCUT2D eigenvalue weighted by molar-refractivity contribution is 5.90. The third kappa shape index (κ3) is 10.1. The SMILES string of the molecule is CN(Cc1ccccc1)C[C@@H]1C[C@H](c2ccc(CO)cc2)O[C@H](c2cccc(NC(=O)CCCCCCC(=O)O)c2)O1. The van der Waals surface area contributed by atoms with Crippen LogP contribution in [0, 0.1) is 0 Å². The van der Waals surface area contributed by atoms with Crippen LogP contribution in [0.2, 0.25) is 0 Å². The van der Waals surface area contributed by atoms with Gasteiger partial charge in [0.1, 0.15) is 0 Å². The lowest BCUT2D eigenvalue weighted by Gasteiger charge is -2.38. The number of ether oxygens (including phenoxy) is 2. The van der Waals surface area contributed by atoms with Gasteiger partial charge >= 0.3 is 5.97 Å². The highest BCUT2D eigenvalue weighted by atomic mass is 16.7. The maximum atomic E-state index is 12.6. The monoisotopic (exact) mass is 574 g/mol. The lowest BCUT2D eigenvalue weighted by molar-refractivity contribution is -0.252. The summed E-state index contributed by atoms with van der Waals surface area (Å²) in [5.74, 6) is -0.854. The van der Waals surface area contributed by atoms with Crippen LogP contribution in [0.4, 0.5) is 5.69 Å². The summed E-state index contributed by atoms with van der Waals surface area (Å²) < 4.78 is 13.0. The second kappa shape index (κ2) is 16.2. The van der Waals surface area contributed by atoms with Crippen molar-refractivity contribution >= 4 is 17.6 Å². The van der Waals surface area contributed by atoms with Gasteiger partial charge in [-0.1, -0.05) is 79.6 Å². The van der Waals surface area contributed by atoms with Crippen molar-refractivity contribution in [2.45, 2.75) is 76.6 Å². The van der Waals surface area contributed by atoms with E-state index in [2.05, 4.69) is 29.4 Å². The number of unbranched alkanes of at least 4 members (excludes halogenated alkanes) is 3. The van der Waals surface area contributed by atoms with E-state index in [1.807, 2.05) is 66.7 Å². The van der Waals surface area contributed by atoms with E-state index in [1.54, 1.807) is 0 Å². The Morgan fingerprint density at radius 3 is 2.31 bits per heavy atom. The van der Waals surface area contributed by atoms with Gasteiger partial charge in [0.2, 0.25) is 5.91 Å². The first-order valence-electron chi connectivity index (χ1n) is 14.7. The molecular weight excluding hydrogens is 532 g/mol. The molecule has 0 bridgehead atoms. The summed E-state index contributed by atoms with van der Waals surface area (Å²) in [6, 6.07) is 25.8. The zero-order valence-corrected chi connectivity index (χ0v) is 24.3. The molecular formula is C34H42N2O6. The van der Waals surface area contributed by atoms with Crippen molar-refractivity contribution in [3.8, 4) is 0 Å². The summed E-state index contributed by atoms with van der Waals surface area (Å²) >= 11 is 0. The Morgan fingerprint density at radius 1 is 0.857 bits per heavy atom. The van der Waals surface area contributed by atoms with Crippen molar-refractivity contribution in [2.24, 2.45) is 0 Å². The van der Waals surface area contributed by atoms with Crippen molar-refractivity contribution < 1.29 is 29.3 Å². The van der Waals surface area contributed by atoms with Crippen LogP contribution < -0.4 is 5.32 Å². The van der Waals surface area contributed by atoms with Gasteiger partial charge in [0.25, 0.3) is 0 Å². The minimum atomic E-state index is -0.782. The third-order valence-corrected chi connectivity index (χ3v) is 7.41. The number of nitrogens with one attached hydrogen (secondary N) is 1. The topological polar surface area (TPSA) is 108 Å². The van der Waals surface area contributed by atoms with E-state index in [0.717, 1.165) is 49.0 Å². The Balaban J connectivity index is 1.40. The molecule has 0 spiro atoms. The predicted octanol–water partition coefficient (Wildman–Crippen LogP) is 6.22. The highest BCUT2D eigenvalue weighted by Gasteiger charge is 2.33. The number of likely N-dealkylation sites (N-methyl/N-ethyl adjacent to an activating group) is 1. The lowest BCUT2D eigenvalue weighted by atomic mass is 9.99. The molecule has 3 atom stereocenters. The van der Waals surface area contributed by atoms with E-state index in [4.69, 9.17) is 14.6 Å². The van der Waals surface area contributed by atoms with Gasteiger partial charge in [-0.2, -0.15) is 0 Å². The Bertz CT molecular complexity index is 1270. The summed E-state index contributed by atoms with van der Waals surface area (Å²) in [7, 11) is 2.09. The molecule has 224 valence electrons. The molecule has 0 unspecified atom stereocenters. The number of amides is 1. The van der Waals surface area contributed by atoms with Crippen molar-refractivity contribution in [2.75, 3.05) is 18.9 Å². The number of carbonyl (C=O) groups excluding carboxylic acids is 1. The first-order chi connectivity index (χ1) is 20.4. The highest BCUT2D eigenvalue weighted by Crippen LogP contribution is 2.38. The molecule has 0 aliphatic carbocycles. The predicted molar refractivity (Wildman–Crippen MR) is 162 cm³/mol. The molecule has 8 nitrogen and oxygen atoms in total. The normalized spacial score (nSPS) is 18.6. The quantitative estimate of drug-likeness (QED) is 0.185. The van der Waals surface area contributed by atoms with Crippen LogP contribution in [0.15, 0.2) is 78.9 Å². The Hall–Kier alpha value is -3.56. The molecule has 0 radical (unpaired) electrons.